The molecule has 1 aliphatic heterocycles. The first-order valence-electron chi connectivity index (χ1n) is 7.21. The molecule has 2 aliphatic rings. The Morgan fingerprint density at radius 2 is 2.05 bits per heavy atom. The molecule has 2 heterocycles. The highest BCUT2D eigenvalue weighted by molar-refractivity contribution is 5.48. The molecule has 1 aliphatic carbocycles. The fraction of sp³-hybridized carbons (Fsp3) is 0.714. The van der Waals surface area contributed by atoms with Gasteiger partial charge in [0.05, 0.1) is 12.1 Å². The lowest BCUT2D eigenvalue weighted by Gasteiger charge is -2.21. The van der Waals surface area contributed by atoms with E-state index in [9.17, 15) is 0 Å². The summed E-state index contributed by atoms with van der Waals surface area (Å²) in [6.45, 7) is 3.05. The zero-order chi connectivity index (χ0) is 13.2. The molecule has 19 heavy (non-hydrogen) atoms. The normalized spacial score (nSPS) is 24.2. The summed E-state index contributed by atoms with van der Waals surface area (Å²) >= 11 is 0. The predicted octanol–water partition coefficient (Wildman–Crippen LogP) is 2.38. The highest BCUT2D eigenvalue weighted by atomic mass is 16.5. The second kappa shape index (κ2) is 5.33. The van der Waals surface area contributed by atoms with Crippen molar-refractivity contribution in [3.63, 3.8) is 0 Å². The maximum Gasteiger partial charge on any atom is 0.136 e. The van der Waals surface area contributed by atoms with E-state index < -0.39 is 0 Å². The average molecular weight is 262 g/mol. The molecule has 2 atom stereocenters. The van der Waals surface area contributed by atoms with Crippen LogP contribution in [0.4, 0.5) is 11.6 Å². The lowest BCUT2D eigenvalue weighted by Crippen LogP contribution is -2.30. The number of hydrogen-bond acceptors (Lipinski definition) is 5. The molecule has 0 spiro atoms. The number of nitrogens with zero attached hydrogens (tertiary/aromatic N) is 2. The van der Waals surface area contributed by atoms with E-state index in [1.54, 1.807) is 0 Å². The Balaban J connectivity index is 1.73. The summed E-state index contributed by atoms with van der Waals surface area (Å²) in [7, 11) is 1.90. The van der Waals surface area contributed by atoms with Gasteiger partial charge in [-0.2, -0.15) is 0 Å². The van der Waals surface area contributed by atoms with E-state index in [0.29, 0.717) is 12.0 Å². The van der Waals surface area contributed by atoms with E-state index in [2.05, 4.69) is 27.5 Å². The minimum absolute atomic E-state index is 0.286. The van der Waals surface area contributed by atoms with Crippen LogP contribution < -0.4 is 10.6 Å². The zero-order valence-corrected chi connectivity index (χ0v) is 11.6. The Morgan fingerprint density at radius 1 is 1.26 bits per heavy atom. The fourth-order valence-corrected chi connectivity index (χ4v) is 2.52. The van der Waals surface area contributed by atoms with Crippen molar-refractivity contribution in [3.8, 4) is 0 Å². The predicted molar refractivity (Wildman–Crippen MR) is 75.6 cm³/mol. The van der Waals surface area contributed by atoms with Crippen molar-refractivity contribution in [1.29, 1.82) is 0 Å². The van der Waals surface area contributed by atoms with Crippen molar-refractivity contribution in [2.75, 3.05) is 24.3 Å². The molecule has 2 unspecified atom stereocenters. The highest BCUT2D eigenvalue weighted by Gasteiger charge is 2.28. The number of hydrogen-bond donors (Lipinski definition) is 2. The number of nitrogens with one attached hydrogen (secondary N) is 2. The van der Waals surface area contributed by atoms with E-state index in [1.807, 2.05) is 13.1 Å². The first-order valence-corrected chi connectivity index (χ1v) is 7.21. The number of rotatable bonds is 5. The summed E-state index contributed by atoms with van der Waals surface area (Å²) in [5.74, 6) is 3.32. The quantitative estimate of drug-likeness (QED) is 0.853. The summed E-state index contributed by atoms with van der Waals surface area (Å²) in [6.07, 6.45) is 5.03. The number of anilines is 2. The van der Waals surface area contributed by atoms with Gasteiger partial charge in [0, 0.05) is 25.6 Å². The summed E-state index contributed by atoms with van der Waals surface area (Å²) in [6, 6.07) is 2.26. The van der Waals surface area contributed by atoms with Crippen LogP contribution in [0.15, 0.2) is 6.07 Å². The Bertz CT molecular complexity index is 441. The van der Waals surface area contributed by atoms with Gasteiger partial charge >= 0.3 is 0 Å². The second-order valence-electron chi connectivity index (χ2n) is 5.51. The van der Waals surface area contributed by atoms with Gasteiger partial charge in [-0.1, -0.05) is 0 Å². The van der Waals surface area contributed by atoms with Gasteiger partial charge < -0.3 is 15.4 Å². The third-order valence-electron chi connectivity index (χ3n) is 3.84. The smallest absolute Gasteiger partial charge is 0.136 e. The molecule has 2 N–H and O–H groups in total. The van der Waals surface area contributed by atoms with Crippen LogP contribution in [-0.4, -0.2) is 35.8 Å². The fourth-order valence-electron chi connectivity index (χ4n) is 2.52. The van der Waals surface area contributed by atoms with Gasteiger partial charge in [-0.3, -0.25) is 0 Å². The van der Waals surface area contributed by atoms with Crippen LogP contribution in [0.25, 0.3) is 0 Å². The third-order valence-corrected chi connectivity index (χ3v) is 3.84. The van der Waals surface area contributed by atoms with Crippen molar-refractivity contribution >= 4 is 11.6 Å². The molecule has 1 saturated heterocycles. The molecule has 5 heteroatoms. The van der Waals surface area contributed by atoms with E-state index >= 15 is 0 Å². The third kappa shape index (κ3) is 2.97. The first kappa shape index (κ1) is 12.7. The van der Waals surface area contributed by atoms with E-state index in [0.717, 1.165) is 36.9 Å². The van der Waals surface area contributed by atoms with Crippen molar-refractivity contribution in [3.05, 3.63) is 11.9 Å². The van der Waals surface area contributed by atoms with Crippen LogP contribution >= 0.6 is 0 Å². The monoisotopic (exact) mass is 262 g/mol. The molecule has 1 aromatic rings. The van der Waals surface area contributed by atoms with Crippen LogP contribution in [0.3, 0.4) is 0 Å². The summed E-state index contributed by atoms with van der Waals surface area (Å²) in [5, 5.41) is 6.58. The molecule has 0 radical (unpaired) electrons. The van der Waals surface area contributed by atoms with Crippen LogP contribution in [0, 0.1) is 0 Å². The molecule has 104 valence electrons. The van der Waals surface area contributed by atoms with Crippen LogP contribution in [0.1, 0.15) is 44.3 Å². The lowest BCUT2D eigenvalue weighted by atomic mass is 10.1. The van der Waals surface area contributed by atoms with Gasteiger partial charge in [0.1, 0.15) is 17.5 Å². The molecular formula is C14H22N4O. The first-order chi connectivity index (χ1) is 9.26. The van der Waals surface area contributed by atoms with E-state index in [4.69, 9.17) is 4.74 Å². The van der Waals surface area contributed by atoms with Crippen molar-refractivity contribution in [2.24, 2.45) is 0 Å². The Labute approximate surface area is 114 Å². The summed E-state index contributed by atoms with van der Waals surface area (Å²) < 4.78 is 5.71. The van der Waals surface area contributed by atoms with Gasteiger partial charge in [0.2, 0.25) is 0 Å². The van der Waals surface area contributed by atoms with Gasteiger partial charge in [-0.25, -0.2) is 9.97 Å². The minimum Gasteiger partial charge on any atom is -0.376 e. The summed E-state index contributed by atoms with van der Waals surface area (Å²) in [5.41, 5.74) is 0. The molecule has 0 bridgehead atoms. The van der Waals surface area contributed by atoms with Crippen molar-refractivity contribution < 1.29 is 4.74 Å². The summed E-state index contributed by atoms with van der Waals surface area (Å²) in [4.78, 5) is 9.16. The number of aromatic nitrogens is 2. The standard InChI is InChI=1S/C14H22N4O/c1-9(11-4-3-7-19-11)16-13-8-12(15-2)17-14(18-13)10-5-6-10/h8-11H,3-7H2,1-2H3,(H2,15,16,17,18). The molecule has 1 aromatic heterocycles. The van der Waals surface area contributed by atoms with Crippen molar-refractivity contribution in [1.82, 2.24) is 9.97 Å². The van der Waals surface area contributed by atoms with Gasteiger partial charge in [0.25, 0.3) is 0 Å². The number of ether oxygens (including phenoxy) is 1. The molecule has 0 amide bonds. The highest BCUT2D eigenvalue weighted by Crippen LogP contribution is 2.38. The molecule has 2 fully saturated rings. The maximum absolute atomic E-state index is 5.71. The molecule has 5 nitrogen and oxygen atoms in total. The van der Waals surface area contributed by atoms with Crippen LogP contribution in [-0.2, 0) is 4.74 Å². The van der Waals surface area contributed by atoms with Gasteiger partial charge in [-0.05, 0) is 32.6 Å². The van der Waals surface area contributed by atoms with Gasteiger partial charge in [0.15, 0.2) is 0 Å². The second-order valence-corrected chi connectivity index (χ2v) is 5.51. The minimum atomic E-state index is 0.286. The Morgan fingerprint density at radius 3 is 2.68 bits per heavy atom. The Hall–Kier alpha value is -1.36. The molecule has 0 aromatic carbocycles. The maximum atomic E-state index is 5.71. The topological polar surface area (TPSA) is 59.1 Å². The van der Waals surface area contributed by atoms with Crippen LogP contribution in [0.5, 0.6) is 0 Å². The zero-order valence-electron chi connectivity index (χ0n) is 11.6. The van der Waals surface area contributed by atoms with Gasteiger partial charge in [-0.15, -0.1) is 0 Å². The van der Waals surface area contributed by atoms with E-state index in [-0.39, 0.29) is 6.04 Å². The lowest BCUT2D eigenvalue weighted by molar-refractivity contribution is 0.0995. The molecule has 1 saturated carbocycles. The largest absolute Gasteiger partial charge is 0.376 e. The average Bonchev–Trinajstić information content (AvgIpc) is 3.13. The molecule has 3 rings (SSSR count). The van der Waals surface area contributed by atoms with Crippen molar-refractivity contribution in [2.45, 2.75) is 50.7 Å². The molecular weight excluding hydrogens is 240 g/mol. The Kier molecular flexibility index (Phi) is 3.55. The van der Waals surface area contributed by atoms with E-state index in [1.165, 1.54) is 12.8 Å². The SMILES string of the molecule is CNc1cc(NC(C)C2CCCO2)nc(C2CC2)n1. The van der Waals surface area contributed by atoms with Crippen LogP contribution in [0.2, 0.25) is 0 Å².